The Labute approximate surface area is 255 Å². The molecule has 0 bridgehead atoms. The van der Waals surface area contributed by atoms with Crippen molar-refractivity contribution in [1.82, 2.24) is 5.32 Å². The average molecular weight is 618 g/mol. The van der Waals surface area contributed by atoms with E-state index in [-0.39, 0.29) is 35.2 Å². The quantitative estimate of drug-likeness (QED) is 0.130. The molecular formula is C34H26F3NO7. The molecule has 0 radical (unpaired) electrons. The number of Topliss-reactive ketones (excluding diaryl/α,β-unsaturated/α-hetero) is 1. The number of nitrogens with one attached hydrogen (secondary N) is 1. The molecule has 0 saturated heterocycles. The van der Waals surface area contributed by atoms with Crippen LogP contribution in [0.25, 0.3) is 5.57 Å². The highest BCUT2D eigenvalue weighted by Gasteiger charge is 2.31. The summed E-state index contributed by atoms with van der Waals surface area (Å²) >= 11 is 0. The zero-order valence-electron chi connectivity index (χ0n) is 23.5. The molecule has 4 rings (SSSR count). The summed E-state index contributed by atoms with van der Waals surface area (Å²) < 4.78 is 47.3. The molecule has 0 heterocycles. The van der Waals surface area contributed by atoms with Crippen LogP contribution in [0.4, 0.5) is 13.2 Å². The standard InChI is InChI=1S/C34H26F3NO7/c35-34(36,37)45-28-16-12-24(13-17-28)30(39)20-29(23-10-14-27(15-11-23)44-21-22-4-2-1-3-5-22)32(42)25-6-8-26(9-7-25)33(43)38-19-18-31(40)41/h1-17,20H,18-19,21H2,(H,38,43)(H,40,41)/b29-20-. The Bertz CT molecular complexity index is 1680. The smallest absolute Gasteiger partial charge is 0.489 e. The lowest BCUT2D eigenvalue weighted by Gasteiger charge is -2.11. The van der Waals surface area contributed by atoms with Crippen molar-refractivity contribution in [3.63, 3.8) is 0 Å². The molecule has 4 aromatic rings. The predicted molar refractivity (Wildman–Crippen MR) is 158 cm³/mol. The highest BCUT2D eigenvalue weighted by Crippen LogP contribution is 2.26. The predicted octanol–water partition coefficient (Wildman–Crippen LogP) is 6.52. The third-order valence-corrected chi connectivity index (χ3v) is 6.34. The Morgan fingerprint density at radius 3 is 1.87 bits per heavy atom. The number of ketones is 2. The molecule has 2 N–H and O–H groups in total. The van der Waals surface area contributed by atoms with E-state index < -0.39 is 35.6 Å². The van der Waals surface area contributed by atoms with Crippen molar-refractivity contribution >= 4 is 29.0 Å². The SMILES string of the molecule is O=C(O)CCNC(=O)c1ccc(C(=O)/C(=C\C(=O)c2ccc(OC(F)(F)F)cc2)c2ccc(OCc3ccccc3)cc2)cc1. The lowest BCUT2D eigenvalue weighted by Crippen LogP contribution is -2.26. The van der Waals surface area contributed by atoms with E-state index in [1.54, 1.807) is 24.3 Å². The first-order chi connectivity index (χ1) is 21.5. The van der Waals surface area contributed by atoms with E-state index in [4.69, 9.17) is 9.84 Å². The number of carbonyl (C=O) groups is 4. The molecule has 0 spiro atoms. The molecule has 0 atom stereocenters. The van der Waals surface area contributed by atoms with E-state index in [9.17, 15) is 32.3 Å². The van der Waals surface area contributed by atoms with Gasteiger partial charge >= 0.3 is 12.3 Å². The van der Waals surface area contributed by atoms with Gasteiger partial charge in [0.2, 0.25) is 0 Å². The monoisotopic (exact) mass is 617 g/mol. The number of allylic oxidation sites excluding steroid dienone is 2. The number of aliphatic carboxylic acids is 1. The van der Waals surface area contributed by atoms with E-state index >= 15 is 0 Å². The van der Waals surface area contributed by atoms with Crippen molar-refractivity contribution in [2.75, 3.05) is 6.54 Å². The van der Waals surface area contributed by atoms with Gasteiger partial charge < -0.3 is 19.9 Å². The first-order valence-corrected chi connectivity index (χ1v) is 13.5. The van der Waals surface area contributed by atoms with Crippen molar-refractivity contribution < 1.29 is 46.9 Å². The number of carboxylic acid groups (broad SMARTS) is 1. The van der Waals surface area contributed by atoms with Gasteiger partial charge in [-0.05, 0) is 65.7 Å². The number of carboxylic acids is 1. The van der Waals surface area contributed by atoms with Crippen LogP contribution in [-0.4, -0.2) is 41.5 Å². The topological polar surface area (TPSA) is 119 Å². The molecule has 45 heavy (non-hydrogen) atoms. The minimum absolute atomic E-state index is 0.0103. The third-order valence-electron chi connectivity index (χ3n) is 6.34. The normalized spacial score (nSPS) is 11.4. The second kappa shape index (κ2) is 14.6. The number of ether oxygens (including phenoxy) is 2. The van der Waals surface area contributed by atoms with Gasteiger partial charge in [-0.25, -0.2) is 0 Å². The molecule has 4 aromatic carbocycles. The maximum Gasteiger partial charge on any atom is 0.573 e. The second-order valence-electron chi connectivity index (χ2n) is 9.60. The van der Waals surface area contributed by atoms with Crippen LogP contribution in [0.15, 0.2) is 109 Å². The van der Waals surface area contributed by atoms with Gasteiger partial charge in [-0.15, -0.1) is 13.2 Å². The Hall–Kier alpha value is -5.71. The molecule has 0 aromatic heterocycles. The summed E-state index contributed by atoms with van der Waals surface area (Å²) in [5.41, 5.74) is 1.67. The van der Waals surface area contributed by atoms with Crippen molar-refractivity contribution in [1.29, 1.82) is 0 Å². The number of rotatable bonds is 13. The maximum absolute atomic E-state index is 13.7. The van der Waals surface area contributed by atoms with Crippen LogP contribution in [0.2, 0.25) is 0 Å². The fraction of sp³-hybridized carbons (Fsp3) is 0.118. The number of carbonyl (C=O) groups excluding carboxylic acids is 3. The Morgan fingerprint density at radius 1 is 0.711 bits per heavy atom. The summed E-state index contributed by atoms with van der Waals surface area (Å²) in [5, 5.41) is 11.2. The molecule has 230 valence electrons. The minimum atomic E-state index is -4.89. The molecular weight excluding hydrogens is 591 g/mol. The molecule has 8 nitrogen and oxygen atoms in total. The first kappa shape index (κ1) is 32.2. The number of hydrogen-bond donors (Lipinski definition) is 2. The molecule has 0 unspecified atom stereocenters. The number of alkyl halides is 3. The van der Waals surface area contributed by atoms with E-state index in [0.717, 1.165) is 35.9 Å². The van der Waals surface area contributed by atoms with Gasteiger partial charge in [-0.1, -0.05) is 54.6 Å². The van der Waals surface area contributed by atoms with Crippen LogP contribution in [-0.2, 0) is 11.4 Å². The van der Waals surface area contributed by atoms with Gasteiger partial charge in [0.1, 0.15) is 18.1 Å². The Morgan fingerprint density at radius 2 is 1.27 bits per heavy atom. The van der Waals surface area contributed by atoms with E-state index in [1.165, 1.54) is 24.3 Å². The van der Waals surface area contributed by atoms with Crippen molar-refractivity contribution in [2.24, 2.45) is 0 Å². The lowest BCUT2D eigenvalue weighted by atomic mass is 9.94. The number of amides is 1. The van der Waals surface area contributed by atoms with Gasteiger partial charge in [0.25, 0.3) is 5.91 Å². The number of halogens is 3. The summed E-state index contributed by atoms with van der Waals surface area (Å²) in [7, 11) is 0. The van der Waals surface area contributed by atoms with Crippen LogP contribution in [0.1, 0.15) is 48.6 Å². The summed E-state index contributed by atoms with van der Waals surface area (Å²) in [6, 6.07) is 25.8. The first-order valence-electron chi connectivity index (χ1n) is 13.5. The largest absolute Gasteiger partial charge is 0.573 e. The number of hydrogen-bond acceptors (Lipinski definition) is 6. The summed E-state index contributed by atoms with van der Waals surface area (Å²) in [4.78, 5) is 49.9. The summed E-state index contributed by atoms with van der Waals surface area (Å²) in [6.45, 7) is 0.239. The van der Waals surface area contributed by atoms with Crippen LogP contribution in [0, 0.1) is 0 Å². The lowest BCUT2D eigenvalue weighted by molar-refractivity contribution is -0.274. The highest BCUT2D eigenvalue weighted by molar-refractivity contribution is 6.32. The third kappa shape index (κ3) is 9.65. The molecule has 1 amide bonds. The fourth-order valence-corrected chi connectivity index (χ4v) is 4.10. The fourth-order valence-electron chi connectivity index (χ4n) is 4.10. The Kier molecular flexibility index (Phi) is 10.5. The minimum Gasteiger partial charge on any atom is -0.489 e. The zero-order valence-corrected chi connectivity index (χ0v) is 23.5. The molecule has 0 saturated carbocycles. The van der Waals surface area contributed by atoms with E-state index in [2.05, 4.69) is 10.1 Å². The van der Waals surface area contributed by atoms with E-state index in [1.807, 2.05) is 30.3 Å². The van der Waals surface area contributed by atoms with Gasteiger partial charge in [0, 0.05) is 28.8 Å². The van der Waals surface area contributed by atoms with Crippen molar-refractivity contribution in [3.8, 4) is 11.5 Å². The molecule has 0 fully saturated rings. The van der Waals surface area contributed by atoms with Gasteiger partial charge in [0.15, 0.2) is 11.6 Å². The average Bonchev–Trinajstić information content (AvgIpc) is 3.02. The van der Waals surface area contributed by atoms with Crippen LogP contribution < -0.4 is 14.8 Å². The summed E-state index contributed by atoms with van der Waals surface area (Å²) in [5.74, 6) is -2.78. The van der Waals surface area contributed by atoms with E-state index in [0.29, 0.717) is 17.9 Å². The second-order valence-corrected chi connectivity index (χ2v) is 9.60. The Balaban J connectivity index is 1.59. The molecule has 11 heteroatoms. The molecule has 0 aliphatic carbocycles. The van der Waals surface area contributed by atoms with Crippen LogP contribution in [0.3, 0.4) is 0 Å². The van der Waals surface area contributed by atoms with Gasteiger partial charge in [0.05, 0.1) is 6.42 Å². The highest BCUT2D eigenvalue weighted by atomic mass is 19.4. The van der Waals surface area contributed by atoms with Crippen molar-refractivity contribution in [3.05, 3.63) is 137 Å². The zero-order chi connectivity index (χ0) is 32.4. The van der Waals surface area contributed by atoms with Crippen molar-refractivity contribution in [2.45, 2.75) is 19.4 Å². The van der Waals surface area contributed by atoms with Crippen LogP contribution >= 0.6 is 0 Å². The van der Waals surface area contributed by atoms with Gasteiger partial charge in [-0.3, -0.25) is 19.2 Å². The molecule has 0 aliphatic heterocycles. The van der Waals surface area contributed by atoms with Crippen LogP contribution in [0.5, 0.6) is 11.5 Å². The summed E-state index contributed by atoms with van der Waals surface area (Å²) in [6.07, 6.45) is -4.05. The molecule has 0 aliphatic rings. The maximum atomic E-state index is 13.7. The van der Waals surface area contributed by atoms with Gasteiger partial charge in [-0.2, -0.15) is 0 Å². The number of benzene rings is 4.